The number of carbonyl (C=O) groups excluding carboxylic acids is 1. The first-order valence-electron chi connectivity index (χ1n) is 9.27. The summed E-state index contributed by atoms with van der Waals surface area (Å²) in [4.78, 5) is 19.7. The Morgan fingerprint density at radius 1 is 1.16 bits per heavy atom. The molecule has 0 radical (unpaired) electrons. The Labute approximate surface area is 155 Å². The highest BCUT2D eigenvalue weighted by Crippen LogP contribution is 2.24. The van der Waals surface area contributed by atoms with E-state index in [4.69, 9.17) is 11.6 Å². The molecule has 1 N–H and O–H groups in total. The van der Waals surface area contributed by atoms with Crippen LogP contribution in [0.15, 0.2) is 18.2 Å². The number of nitrogens with one attached hydrogen (secondary N) is 1. The molecule has 0 aromatic heterocycles. The van der Waals surface area contributed by atoms with E-state index in [1.54, 1.807) is 0 Å². The largest absolute Gasteiger partial charge is 0.323 e. The Morgan fingerprint density at radius 3 is 2.64 bits per heavy atom. The third kappa shape index (κ3) is 4.87. The lowest BCUT2D eigenvalue weighted by molar-refractivity contribution is 0.0948. The average molecular weight is 365 g/mol. The van der Waals surface area contributed by atoms with Crippen LogP contribution >= 0.6 is 11.6 Å². The van der Waals surface area contributed by atoms with Gasteiger partial charge in [0.2, 0.25) is 0 Å². The van der Waals surface area contributed by atoms with Gasteiger partial charge in [0.05, 0.1) is 10.7 Å². The van der Waals surface area contributed by atoms with E-state index in [2.05, 4.69) is 22.2 Å². The minimum Gasteiger partial charge on any atom is -0.323 e. The van der Waals surface area contributed by atoms with E-state index < -0.39 is 0 Å². The van der Waals surface area contributed by atoms with Gasteiger partial charge in [-0.3, -0.25) is 4.90 Å². The molecule has 25 heavy (non-hydrogen) atoms. The number of hydrogen-bond donors (Lipinski definition) is 1. The Hall–Kier alpha value is -1.30. The monoisotopic (exact) mass is 364 g/mol. The molecule has 2 amide bonds. The summed E-state index contributed by atoms with van der Waals surface area (Å²) < 4.78 is 0. The van der Waals surface area contributed by atoms with Crippen LogP contribution in [-0.4, -0.2) is 73.1 Å². The van der Waals surface area contributed by atoms with Crippen molar-refractivity contribution in [3.63, 3.8) is 0 Å². The summed E-state index contributed by atoms with van der Waals surface area (Å²) in [6, 6.07) is 6.16. The summed E-state index contributed by atoms with van der Waals surface area (Å²) in [7, 11) is 2.18. The maximum absolute atomic E-state index is 12.8. The first-order chi connectivity index (χ1) is 12.0. The predicted molar refractivity (Wildman–Crippen MR) is 103 cm³/mol. The van der Waals surface area contributed by atoms with Gasteiger partial charge in [-0.25, -0.2) is 4.79 Å². The summed E-state index contributed by atoms with van der Waals surface area (Å²) >= 11 is 6.26. The number of likely N-dealkylation sites (tertiary alicyclic amines) is 1. The zero-order chi connectivity index (χ0) is 17.8. The fourth-order valence-corrected chi connectivity index (χ4v) is 3.99. The first kappa shape index (κ1) is 18.5. The molecule has 1 aromatic carbocycles. The molecule has 0 aliphatic carbocycles. The second-order valence-electron chi connectivity index (χ2n) is 7.35. The molecule has 2 fully saturated rings. The van der Waals surface area contributed by atoms with Crippen molar-refractivity contribution in [3.8, 4) is 0 Å². The Morgan fingerprint density at radius 2 is 1.92 bits per heavy atom. The molecule has 0 saturated carbocycles. The van der Waals surface area contributed by atoms with Gasteiger partial charge in [0.15, 0.2) is 0 Å². The Balaban J connectivity index is 1.62. The summed E-state index contributed by atoms with van der Waals surface area (Å²) in [5.41, 5.74) is 1.78. The molecule has 2 aliphatic heterocycles. The van der Waals surface area contributed by atoms with Gasteiger partial charge in [-0.15, -0.1) is 0 Å². The van der Waals surface area contributed by atoms with Crippen molar-refractivity contribution in [1.82, 2.24) is 14.7 Å². The van der Waals surface area contributed by atoms with Crippen molar-refractivity contribution in [2.24, 2.45) is 0 Å². The van der Waals surface area contributed by atoms with Crippen LogP contribution in [0.4, 0.5) is 10.5 Å². The van der Waals surface area contributed by atoms with Crippen LogP contribution in [0, 0.1) is 6.92 Å². The maximum atomic E-state index is 12.8. The van der Waals surface area contributed by atoms with E-state index >= 15 is 0 Å². The zero-order valence-electron chi connectivity index (χ0n) is 15.3. The van der Waals surface area contributed by atoms with E-state index in [1.165, 1.54) is 12.8 Å². The highest BCUT2D eigenvalue weighted by Gasteiger charge is 2.28. The number of nitrogens with zero attached hydrogens (tertiary/aromatic N) is 3. The van der Waals surface area contributed by atoms with E-state index in [0.29, 0.717) is 16.8 Å². The smallest absolute Gasteiger partial charge is 0.321 e. The van der Waals surface area contributed by atoms with Crippen molar-refractivity contribution < 1.29 is 4.79 Å². The fraction of sp³-hybridized carbons (Fsp3) is 0.632. The molecule has 3 rings (SSSR count). The Kier molecular flexibility index (Phi) is 6.20. The second kappa shape index (κ2) is 8.39. The van der Waals surface area contributed by atoms with Crippen LogP contribution in [0.3, 0.4) is 0 Å². The van der Waals surface area contributed by atoms with Gasteiger partial charge in [-0.1, -0.05) is 24.1 Å². The molecular formula is C19H29ClN4O. The lowest BCUT2D eigenvalue weighted by Crippen LogP contribution is -2.52. The van der Waals surface area contributed by atoms with Gasteiger partial charge in [0.1, 0.15) is 0 Å². The van der Waals surface area contributed by atoms with Gasteiger partial charge >= 0.3 is 6.03 Å². The SMILES string of the molecule is Cc1ccc(NC(=O)N2CCCC[C@@H](N3CCN(C)CC3)C2)c(Cl)c1. The lowest BCUT2D eigenvalue weighted by atomic mass is 10.1. The van der Waals surface area contributed by atoms with Crippen LogP contribution in [0.25, 0.3) is 0 Å². The molecule has 1 atom stereocenters. The van der Waals surface area contributed by atoms with Crippen molar-refractivity contribution in [3.05, 3.63) is 28.8 Å². The lowest BCUT2D eigenvalue weighted by Gasteiger charge is -2.39. The van der Waals surface area contributed by atoms with Crippen molar-refractivity contribution in [1.29, 1.82) is 0 Å². The number of benzene rings is 1. The minimum atomic E-state index is -0.0354. The van der Waals surface area contributed by atoms with Crippen LogP contribution in [0.2, 0.25) is 5.02 Å². The number of aryl methyl sites for hydroxylation is 1. The van der Waals surface area contributed by atoms with E-state index in [-0.39, 0.29) is 6.03 Å². The van der Waals surface area contributed by atoms with Gasteiger partial charge in [0, 0.05) is 45.3 Å². The summed E-state index contributed by atoms with van der Waals surface area (Å²) in [5, 5.41) is 3.59. The normalized spacial score (nSPS) is 23.3. The molecule has 1 aromatic rings. The second-order valence-corrected chi connectivity index (χ2v) is 7.76. The number of halogens is 1. The third-order valence-corrected chi connectivity index (χ3v) is 5.67. The summed E-state index contributed by atoms with van der Waals surface area (Å²) in [6.45, 7) is 8.04. The zero-order valence-corrected chi connectivity index (χ0v) is 16.1. The van der Waals surface area contributed by atoms with Crippen LogP contribution < -0.4 is 5.32 Å². The van der Waals surface area contributed by atoms with E-state index in [1.807, 2.05) is 30.0 Å². The molecule has 2 saturated heterocycles. The van der Waals surface area contributed by atoms with Crippen molar-refractivity contribution in [2.75, 3.05) is 51.6 Å². The highest BCUT2D eigenvalue weighted by atomic mass is 35.5. The van der Waals surface area contributed by atoms with Gasteiger partial charge in [-0.2, -0.15) is 0 Å². The number of hydrogen-bond acceptors (Lipinski definition) is 3. The van der Waals surface area contributed by atoms with Gasteiger partial charge in [-0.05, 0) is 44.5 Å². The quantitative estimate of drug-likeness (QED) is 0.875. The first-order valence-corrected chi connectivity index (χ1v) is 9.65. The van der Waals surface area contributed by atoms with Crippen molar-refractivity contribution in [2.45, 2.75) is 32.2 Å². The molecule has 0 bridgehead atoms. The molecule has 2 heterocycles. The van der Waals surface area contributed by atoms with Crippen molar-refractivity contribution >= 4 is 23.3 Å². The van der Waals surface area contributed by atoms with Crippen LogP contribution in [-0.2, 0) is 0 Å². The van der Waals surface area contributed by atoms with E-state index in [0.717, 1.165) is 51.3 Å². The number of likely N-dealkylation sites (N-methyl/N-ethyl adjacent to an activating group) is 1. The number of carbonyl (C=O) groups is 1. The number of piperazine rings is 1. The minimum absolute atomic E-state index is 0.0354. The molecule has 5 nitrogen and oxygen atoms in total. The number of anilines is 1. The average Bonchev–Trinajstić information content (AvgIpc) is 2.84. The molecule has 0 unspecified atom stereocenters. The maximum Gasteiger partial charge on any atom is 0.321 e. The topological polar surface area (TPSA) is 38.8 Å². The molecule has 2 aliphatic rings. The standard InChI is InChI=1S/C19H29ClN4O/c1-15-6-7-18(17(20)13-15)21-19(25)24-8-4-3-5-16(14-24)23-11-9-22(2)10-12-23/h6-7,13,16H,3-5,8-12,14H2,1-2H3,(H,21,25)/t16-/m1/s1. The van der Waals surface area contributed by atoms with E-state index in [9.17, 15) is 4.79 Å². The predicted octanol–water partition coefficient (Wildman–Crippen LogP) is 3.28. The molecule has 0 spiro atoms. The summed E-state index contributed by atoms with van der Waals surface area (Å²) in [6.07, 6.45) is 3.43. The van der Waals surface area contributed by atoms with Gasteiger partial charge < -0.3 is 15.1 Å². The summed E-state index contributed by atoms with van der Waals surface area (Å²) in [5.74, 6) is 0. The van der Waals surface area contributed by atoms with Crippen LogP contribution in [0.1, 0.15) is 24.8 Å². The molecule has 138 valence electrons. The number of rotatable bonds is 2. The number of amides is 2. The molecule has 6 heteroatoms. The highest BCUT2D eigenvalue weighted by molar-refractivity contribution is 6.33. The Bertz CT molecular complexity index is 601. The fourth-order valence-electron chi connectivity index (χ4n) is 3.70. The van der Waals surface area contributed by atoms with Gasteiger partial charge in [0.25, 0.3) is 0 Å². The third-order valence-electron chi connectivity index (χ3n) is 5.35. The molecular weight excluding hydrogens is 336 g/mol. The van der Waals surface area contributed by atoms with Crippen LogP contribution in [0.5, 0.6) is 0 Å². The number of urea groups is 1.